The maximum Gasteiger partial charge on any atom is 0.306 e. The van der Waals surface area contributed by atoms with Gasteiger partial charge in [0.05, 0.1) is 40.9 Å². The number of rotatable bonds is 14. The topological polar surface area (TPSA) is 221 Å². The average Bonchev–Trinajstić information content (AvgIpc) is 4.18. The first-order chi connectivity index (χ1) is 33.9. The molecular weight excluding hydrogens is 919 g/mol. The van der Waals surface area contributed by atoms with Crippen LogP contribution in [0.25, 0.3) is 9.69 Å². The summed E-state index contributed by atoms with van der Waals surface area (Å²) in [5.74, 6) is -3.18. The Morgan fingerprint density at radius 1 is 0.681 bits per heavy atom. The number of hydrogen-bond acceptors (Lipinski definition) is 8. The van der Waals surface area contributed by atoms with E-state index in [0.29, 0.717) is 47.9 Å². The van der Waals surface area contributed by atoms with E-state index in [0.717, 1.165) is 63.4 Å². The largest absolute Gasteiger partial charge is 0.550 e. The van der Waals surface area contributed by atoms with E-state index in [4.69, 9.17) is 24.0 Å². The number of carbonyl (C=O) groups is 2. The predicted molar refractivity (Wildman–Crippen MR) is 269 cm³/mol. The summed E-state index contributed by atoms with van der Waals surface area (Å²) in [5.41, 5.74) is 12.1. The molecule has 4 aromatic carbocycles. The van der Waals surface area contributed by atoms with E-state index < -0.39 is 45.9 Å². The highest BCUT2D eigenvalue weighted by Crippen LogP contribution is 2.41. The molecule has 14 heteroatoms. The summed E-state index contributed by atoms with van der Waals surface area (Å²) >= 11 is 0. The van der Waals surface area contributed by atoms with Gasteiger partial charge in [-0.1, -0.05) is 86.3 Å². The van der Waals surface area contributed by atoms with Gasteiger partial charge in [-0.25, -0.2) is 21.9 Å². The normalized spacial score (nSPS) is 21.1. The number of carboxylic acids is 2. The molecule has 72 heavy (non-hydrogen) atoms. The fourth-order valence-corrected chi connectivity index (χ4v) is 10.8. The number of nitrogens with zero attached hydrogens (tertiary/aromatic N) is 2. The third-order valence-electron chi connectivity index (χ3n) is 15.4. The fourth-order valence-electron chi connectivity index (χ4n) is 10.8. The van der Waals surface area contributed by atoms with Crippen LogP contribution in [0.4, 0.5) is 8.78 Å². The Morgan fingerprint density at radius 2 is 1.08 bits per heavy atom. The SMILES string of the molecule is N[C@@H]1c2ccccc2C[C@@H]1O.[C-]#[N+]C(C)(C)c1ccc(CCC(O)(CC(=O)O)C2CCCC2)cc1F.[C-]#[N+]C(C)(C)c1ccc(CCC(O)(CC(=O)[O-])C2CCCC2)cc1F.[NH3+][C@@H]1c2ccccc2C[C@@H]1O. The number of aliphatic hydroxyl groups excluding tert-OH is 2. The highest BCUT2D eigenvalue weighted by atomic mass is 19.1. The molecule has 0 heterocycles. The molecule has 0 radical (unpaired) electrons. The molecule has 2 saturated carbocycles. The van der Waals surface area contributed by atoms with Crippen molar-refractivity contribution < 1.29 is 54.7 Å². The first kappa shape index (κ1) is 57.3. The zero-order valence-electron chi connectivity index (χ0n) is 42.3. The van der Waals surface area contributed by atoms with E-state index in [2.05, 4.69) is 21.5 Å². The van der Waals surface area contributed by atoms with Crippen LogP contribution in [0.2, 0.25) is 0 Å². The highest BCUT2D eigenvalue weighted by Gasteiger charge is 2.41. The Hall–Kier alpha value is -5.58. The predicted octanol–water partition coefficient (Wildman–Crippen LogP) is 7.77. The van der Waals surface area contributed by atoms with Crippen molar-refractivity contribution in [2.24, 2.45) is 17.6 Å². The van der Waals surface area contributed by atoms with Crippen LogP contribution < -0.4 is 16.6 Å². The Balaban J connectivity index is 0.000000190. The summed E-state index contributed by atoms with van der Waals surface area (Å²) in [6.45, 7) is 21.0. The standard InChI is InChI=1S/2C20H26FNO3.2C9H11NO/c2*1-19(2,22-3)16-9-8-14(12-17(16)21)10-11-20(25,13-18(23)24)15-6-4-5-7-15;2*10-9-7-4-2-1-3-6(7)5-8(9)11/h2*8-9,12,15,25H,4-7,10-11,13H2,1-2H3,(H,23,24);2*1-4,8-9,11H,5,10H2/t;;2*8-,9+/m..00/s1. The van der Waals surface area contributed by atoms with Gasteiger partial charge >= 0.3 is 5.97 Å². The molecule has 0 spiro atoms. The number of quaternary nitrogens is 1. The molecule has 12 nitrogen and oxygen atoms in total. The minimum atomic E-state index is -1.31. The van der Waals surface area contributed by atoms with Crippen molar-refractivity contribution in [3.8, 4) is 0 Å². The molecule has 0 aliphatic heterocycles. The molecule has 4 aromatic rings. The Kier molecular flexibility index (Phi) is 19.8. The van der Waals surface area contributed by atoms with Gasteiger partial charge in [0, 0.05) is 58.5 Å². The molecule has 10 N–H and O–H groups in total. The number of hydrogen-bond donors (Lipinski definition) is 7. The lowest BCUT2D eigenvalue weighted by Gasteiger charge is -2.35. The van der Waals surface area contributed by atoms with Gasteiger partial charge in [-0.05, 0) is 115 Å². The minimum absolute atomic E-state index is 0.00577. The van der Waals surface area contributed by atoms with Crippen molar-refractivity contribution >= 4 is 11.9 Å². The maximum atomic E-state index is 14.4. The van der Waals surface area contributed by atoms with Crippen LogP contribution >= 0.6 is 0 Å². The Labute approximate surface area is 423 Å². The molecule has 388 valence electrons. The minimum Gasteiger partial charge on any atom is -0.550 e. The van der Waals surface area contributed by atoms with Gasteiger partial charge in [0.15, 0.2) is 0 Å². The van der Waals surface area contributed by atoms with Crippen molar-refractivity contribution in [2.45, 2.75) is 177 Å². The van der Waals surface area contributed by atoms with Gasteiger partial charge in [-0.3, -0.25) is 4.79 Å². The molecule has 4 aliphatic rings. The first-order valence-electron chi connectivity index (χ1n) is 25.3. The lowest BCUT2D eigenvalue weighted by Crippen LogP contribution is -2.57. The van der Waals surface area contributed by atoms with Crippen molar-refractivity contribution in [3.05, 3.63) is 164 Å². The van der Waals surface area contributed by atoms with Crippen molar-refractivity contribution in [3.63, 3.8) is 0 Å². The fraction of sp³-hybridized carbons (Fsp3) is 0.517. The number of fused-ring (bicyclic) bond motifs is 2. The monoisotopic (exact) mass is 993 g/mol. The smallest absolute Gasteiger partial charge is 0.306 e. The summed E-state index contributed by atoms with van der Waals surface area (Å²) in [6, 6.07) is 25.5. The number of halogens is 2. The van der Waals surface area contributed by atoms with Crippen LogP contribution in [-0.2, 0) is 46.4 Å². The third kappa shape index (κ3) is 14.8. The molecule has 0 amide bonds. The Morgan fingerprint density at radius 3 is 1.47 bits per heavy atom. The van der Waals surface area contributed by atoms with E-state index >= 15 is 0 Å². The van der Waals surface area contributed by atoms with Crippen LogP contribution in [0.1, 0.15) is 161 Å². The summed E-state index contributed by atoms with van der Waals surface area (Å²) in [5, 5.41) is 60.9. The zero-order chi connectivity index (χ0) is 53.0. The van der Waals surface area contributed by atoms with Crippen LogP contribution in [0.5, 0.6) is 0 Å². The van der Waals surface area contributed by atoms with Gasteiger partial charge < -0.3 is 56.6 Å². The lowest BCUT2D eigenvalue weighted by molar-refractivity contribution is -0.441. The van der Waals surface area contributed by atoms with E-state index in [1.54, 1.807) is 52.0 Å². The zero-order valence-corrected chi connectivity index (χ0v) is 42.3. The number of aryl methyl sites for hydroxylation is 2. The molecule has 2 unspecified atom stereocenters. The number of nitrogens with two attached hydrogens (primary N) is 1. The number of carbonyl (C=O) groups excluding carboxylic acids is 1. The van der Waals surface area contributed by atoms with E-state index in [1.165, 1.54) is 28.8 Å². The second kappa shape index (κ2) is 24.9. The van der Waals surface area contributed by atoms with Crippen LogP contribution in [0.3, 0.4) is 0 Å². The summed E-state index contributed by atoms with van der Waals surface area (Å²) in [6.07, 6.45) is 8.86. The van der Waals surface area contributed by atoms with Gasteiger partial charge in [0.25, 0.3) is 11.1 Å². The molecule has 6 atom stereocenters. The third-order valence-corrected chi connectivity index (χ3v) is 15.4. The quantitative estimate of drug-likeness (QED) is 0.0613. The van der Waals surface area contributed by atoms with Crippen molar-refractivity contribution in [2.75, 3.05) is 0 Å². The Bertz CT molecular complexity index is 2390. The number of benzene rings is 4. The molecule has 0 saturated heterocycles. The molecule has 2 fully saturated rings. The summed E-state index contributed by atoms with van der Waals surface area (Å²) < 4.78 is 28.7. The number of aliphatic hydroxyl groups is 4. The number of aliphatic carboxylic acids is 2. The van der Waals surface area contributed by atoms with Gasteiger partial charge in [0.1, 0.15) is 23.8 Å². The van der Waals surface area contributed by atoms with Gasteiger partial charge in [-0.15, -0.1) is 0 Å². The second-order valence-electron chi connectivity index (χ2n) is 21.3. The molecule has 0 aromatic heterocycles. The van der Waals surface area contributed by atoms with Crippen LogP contribution in [0.15, 0.2) is 84.9 Å². The van der Waals surface area contributed by atoms with E-state index in [1.807, 2.05) is 42.5 Å². The molecule has 8 rings (SSSR count). The van der Waals surface area contributed by atoms with Crippen molar-refractivity contribution in [1.82, 2.24) is 0 Å². The lowest BCUT2D eigenvalue weighted by atomic mass is 9.79. The second-order valence-corrected chi connectivity index (χ2v) is 21.3. The first-order valence-corrected chi connectivity index (χ1v) is 25.3. The van der Waals surface area contributed by atoms with Crippen LogP contribution in [-0.4, -0.2) is 60.9 Å². The van der Waals surface area contributed by atoms with Gasteiger partial charge in [0.2, 0.25) is 0 Å². The van der Waals surface area contributed by atoms with E-state index in [9.17, 15) is 43.9 Å². The van der Waals surface area contributed by atoms with Crippen LogP contribution in [0, 0.1) is 36.6 Å². The summed E-state index contributed by atoms with van der Waals surface area (Å²) in [4.78, 5) is 29.1. The van der Waals surface area contributed by atoms with E-state index in [-0.39, 0.29) is 55.4 Å². The van der Waals surface area contributed by atoms with Crippen molar-refractivity contribution in [1.29, 1.82) is 0 Å². The summed E-state index contributed by atoms with van der Waals surface area (Å²) in [7, 11) is 0. The molecule has 0 bridgehead atoms. The molecule has 4 aliphatic carbocycles. The maximum absolute atomic E-state index is 14.4. The number of carboxylic acid groups (broad SMARTS) is 2. The highest BCUT2D eigenvalue weighted by molar-refractivity contribution is 5.68. The van der Waals surface area contributed by atoms with Gasteiger partial charge in [-0.2, -0.15) is 0 Å². The molecular formula is C58H74F2N4O8. The average molecular weight is 993 g/mol.